The lowest BCUT2D eigenvalue weighted by Gasteiger charge is -2.17. The van der Waals surface area contributed by atoms with Crippen molar-refractivity contribution in [2.75, 3.05) is 0 Å². The molecule has 0 aliphatic carbocycles. The highest BCUT2D eigenvalue weighted by atomic mass is 16.3. The van der Waals surface area contributed by atoms with Gasteiger partial charge in [-0.15, -0.1) is 0 Å². The topological polar surface area (TPSA) is 40.5 Å². The molecule has 0 saturated heterocycles. The summed E-state index contributed by atoms with van der Waals surface area (Å²) in [4.78, 5) is 0. The normalized spacial score (nSPS) is 14.0. The van der Waals surface area contributed by atoms with Gasteiger partial charge in [-0.25, -0.2) is 0 Å². The van der Waals surface area contributed by atoms with Crippen LogP contribution in [0.5, 0.6) is 5.75 Å². The molecular weight excluding hydrogens is 236 g/mol. The molecule has 100 valence electrons. The zero-order chi connectivity index (χ0) is 13.7. The fraction of sp³-hybridized carbons (Fsp3) is 0.294. The highest BCUT2D eigenvalue weighted by Crippen LogP contribution is 2.22. The summed E-state index contributed by atoms with van der Waals surface area (Å²) >= 11 is 0. The number of phenols is 1. The first-order chi connectivity index (χ1) is 9.15. The Morgan fingerprint density at radius 1 is 0.947 bits per heavy atom. The monoisotopic (exact) mass is 256 g/mol. The van der Waals surface area contributed by atoms with E-state index in [2.05, 4.69) is 19.1 Å². The highest BCUT2D eigenvalue weighted by molar-refractivity contribution is 5.26. The van der Waals surface area contributed by atoms with E-state index in [0.29, 0.717) is 12.3 Å². The van der Waals surface area contributed by atoms with Gasteiger partial charge in [-0.1, -0.05) is 49.4 Å². The van der Waals surface area contributed by atoms with Crippen molar-refractivity contribution >= 4 is 0 Å². The Morgan fingerprint density at radius 2 is 1.58 bits per heavy atom. The molecule has 0 bridgehead atoms. The Balaban J connectivity index is 1.90. The summed E-state index contributed by atoms with van der Waals surface area (Å²) in [7, 11) is 0. The minimum Gasteiger partial charge on any atom is -0.508 e. The molecule has 0 aromatic heterocycles. The van der Waals surface area contributed by atoms with Gasteiger partial charge >= 0.3 is 0 Å². The standard InChI is InChI=1S/C17H20O2/c1-13(15-5-3-2-4-6-15)11-17(19)12-14-7-9-16(18)10-8-14/h2-10,13,17-19H,11-12H2,1H3. The van der Waals surface area contributed by atoms with Crippen LogP contribution in [0.1, 0.15) is 30.4 Å². The predicted molar refractivity (Wildman–Crippen MR) is 77.3 cm³/mol. The maximum atomic E-state index is 10.1. The van der Waals surface area contributed by atoms with E-state index in [1.165, 1.54) is 5.56 Å². The highest BCUT2D eigenvalue weighted by Gasteiger charge is 2.12. The first-order valence-corrected chi connectivity index (χ1v) is 6.66. The summed E-state index contributed by atoms with van der Waals surface area (Å²) in [5.74, 6) is 0.601. The van der Waals surface area contributed by atoms with Gasteiger partial charge < -0.3 is 10.2 Å². The van der Waals surface area contributed by atoms with E-state index in [4.69, 9.17) is 0 Å². The number of aliphatic hydroxyl groups is 1. The molecule has 0 heterocycles. The van der Waals surface area contributed by atoms with E-state index >= 15 is 0 Å². The fourth-order valence-electron chi connectivity index (χ4n) is 2.31. The number of hydrogen-bond acceptors (Lipinski definition) is 2. The van der Waals surface area contributed by atoms with Gasteiger partial charge in [0.1, 0.15) is 5.75 Å². The van der Waals surface area contributed by atoms with E-state index in [-0.39, 0.29) is 11.9 Å². The zero-order valence-corrected chi connectivity index (χ0v) is 11.2. The van der Waals surface area contributed by atoms with E-state index in [9.17, 15) is 10.2 Å². The lowest BCUT2D eigenvalue weighted by molar-refractivity contribution is 0.157. The van der Waals surface area contributed by atoms with Gasteiger partial charge in [0.25, 0.3) is 0 Å². The van der Waals surface area contributed by atoms with Crippen LogP contribution < -0.4 is 0 Å². The molecule has 0 aliphatic heterocycles. The molecule has 2 atom stereocenters. The average Bonchev–Trinajstić information content (AvgIpc) is 2.42. The SMILES string of the molecule is CC(CC(O)Cc1ccc(O)cc1)c1ccccc1. The third kappa shape index (κ3) is 4.11. The molecule has 2 N–H and O–H groups in total. The predicted octanol–water partition coefficient (Wildman–Crippen LogP) is 3.49. The van der Waals surface area contributed by atoms with Gasteiger partial charge in [-0.3, -0.25) is 0 Å². The fourth-order valence-corrected chi connectivity index (χ4v) is 2.31. The maximum Gasteiger partial charge on any atom is 0.115 e. The van der Waals surface area contributed by atoms with Crippen LogP contribution in [0.2, 0.25) is 0 Å². The Kier molecular flexibility index (Phi) is 4.58. The quantitative estimate of drug-likeness (QED) is 0.859. The van der Waals surface area contributed by atoms with Crippen molar-refractivity contribution in [3.8, 4) is 5.75 Å². The van der Waals surface area contributed by atoms with Crippen molar-refractivity contribution in [1.82, 2.24) is 0 Å². The van der Waals surface area contributed by atoms with Crippen LogP contribution in [-0.4, -0.2) is 16.3 Å². The number of hydrogen-bond donors (Lipinski definition) is 2. The van der Waals surface area contributed by atoms with Crippen molar-refractivity contribution < 1.29 is 10.2 Å². The molecule has 19 heavy (non-hydrogen) atoms. The second-order valence-electron chi connectivity index (χ2n) is 5.07. The van der Waals surface area contributed by atoms with Crippen LogP contribution in [0.4, 0.5) is 0 Å². The summed E-state index contributed by atoms with van der Waals surface area (Å²) in [5, 5.41) is 19.4. The van der Waals surface area contributed by atoms with Crippen LogP contribution in [0, 0.1) is 0 Å². The summed E-state index contributed by atoms with van der Waals surface area (Å²) < 4.78 is 0. The molecule has 0 aliphatic rings. The number of rotatable bonds is 5. The molecular formula is C17H20O2. The lowest BCUT2D eigenvalue weighted by Crippen LogP contribution is -2.13. The molecule has 0 fully saturated rings. The van der Waals surface area contributed by atoms with Crippen LogP contribution >= 0.6 is 0 Å². The molecule has 0 radical (unpaired) electrons. The molecule has 2 heteroatoms. The van der Waals surface area contributed by atoms with Crippen molar-refractivity contribution in [2.45, 2.75) is 31.8 Å². The third-order valence-electron chi connectivity index (χ3n) is 3.40. The van der Waals surface area contributed by atoms with Gasteiger partial charge in [0.05, 0.1) is 6.10 Å². The molecule has 0 saturated carbocycles. The second kappa shape index (κ2) is 6.39. The molecule has 2 unspecified atom stereocenters. The first kappa shape index (κ1) is 13.6. The Bertz CT molecular complexity index is 490. The summed E-state index contributed by atoms with van der Waals surface area (Å²) in [6, 6.07) is 17.3. The Hall–Kier alpha value is -1.80. The number of aliphatic hydroxyl groups excluding tert-OH is 1. The van der Waals surface area contributed by atoms with Gasteiger partial charge in [0.2, 0.25) is 0 Å². The number of aromatic hydroxyl groups is 1. The van der Waals surface area contributed by atoms with E-state index in [1.54, 1.807) is 12.1 Å². The molecule has 2 aromatic carbocycles. The lowest BCUT2D eigenvalue weighted by atomic mass is 9.92. The van der Waals surface area contributed by atoms with Crippen molar-refractivity contribution in [3.05, 3.63) is 65.7 Å². The average molecular weight is 256 g/mol. The van der Waals surface area contributed by atoms with E-state index < -0.39 is 0 Å². The first-order valence-electron chi connectivity index (χ1n) is 6.66. The van der Waals surface area contributed by atoms with Gasteiger partial charge in [0.15, 0.2) is 0 Å². The van der Waals surface area contributed by atoms with Crippen molar-refractivity contribution in [3.63, 3.8) is 0 Å². The summed E-state index contributed by atoms with van der Waals surface area (Å²) in [5.41, 5.74) is 2.30. The summed E-state index contributed by atoms with van der Waals surface area (Å²) in [6.45, 7) is 2.13. The van der Waals surface area contributed by atoms with Gasteiger partial charge in [0, 0.05) is 0 Å². The number of phenolic OH excluding ortho intramolecular Hbond substituents is 1. The Morgan fingerprint density at radius 3 is 2.21 bits per heavy atom. The van der Waals surface area contributed by atoms with Crippen LogP contribution in [0.3, 0.4) is 0 Å². The van der Waals surface area contributed by atoms with Crippen LogP contribution in [-0.2, 0) is 6.42 Å². The van der Waals surface area contributed by atoms with Crippen molar-refractivity contribution in [2.24, 2.45) is 0 Å². The summed E-state index contributed by atoms with van der Waals surface area (Å²) in [6.07, 6.45) is 1.00. The molecule has 2 rings (SSSR count). The van der Waals surface area contributed by atoms with E-state index in [0.717, 1.165) is 12.0 Å². The minimum atomic E-state index is -0.361. The Labute approximate surface area is 114 Å². The van der Waals surface area contributed by atoms with E-state index in [1.807, 2.05) is 30.3 Å². The molecule has 2 aromatic rings. The largest absolute Gasteiger partial charge is 0.508 e. The van der Waals surface area contributed by atoms with Crippen molar-refractivity contribution in [1.29, 1.82) is 0 Å². The smallest absolute Gasteiger partial charge is 0.115 e. The van der Waals surface area contributed by atoms with Crippen LogP contribution in [0.15, 0.2) is 54.6 Å². The van der Waals surface area contributed by atoms with Gasteiger partial charge in [-0.2, -0.15) is 0 Å². The molecule has 0 amide bonds. The van der Waals surface area contributed by atoms with Gasteiger partial charge in [-0.05, 0) is 42.0 Å². The van der Waals surface area contributed by atoms with Crippen LogP contribution in [0.25, 0.3) is 0 Å². The molecule has 0 spiro atoms. The molecule has 2 nitrogen and oxygen atoms in total. The maximum absolute atomic E-state index is 10.1. The minimum absolute atomic E-state index is 0.260. The zero-order valence-electron chi connectivity index (χ0n) is 11.2. The second-order valence-corrected chi connectivity index (χ2v) is 5.07. The third-order valence-corrected chi connectivity index (χ3v) is 3.40. The number of benzene rings is 2.